The first kappa shape index (κ1) is 19.0. The number of anilines is 1. The van der Waals surface area contributed by atoms with Crippen LogP contribution in [0.4, 0.5) is 5.69 Å². The van der Waals surface area contributed by atoms with E-state index in [1.54, 1.807) is 24.3 Å². The van der Waals surface area contributed by atoms with Crippen LogP contribution in [0.3, 0.4) is 0 Å². The van der Waals surface area contributed by atoms with E-state index in [-0.39, 0.29) is 17.0 Å². The van der Waals surface area contributed by atoms with Gasteiger partial charge in [0, 0.05) is 17.3 Å². The SMILES string of the molecule is CCSc1cc(=O)c2cc(C)cc(C(C)Nc3ccccc3C(=O)O)c2o1. The van der Waals surface area contributed by atoms with Crippen molar-refractivity contribution in [2.45, 2.75) is 31.9 Å². The Labute approximate surface area is 161 Å². The summed E-state index contributed by atoms with van der Waals surface area (Å²) in [5.41, 5.74) is 2.95. The van der Waals surface area contributed by atoms with E-state index >= 15 is 0 Å². The maximum Gasteiger partial charge on any atom is 0.337 e. The number of fused-ring (bicyclic) bond motifs is 1. The zero-order chi connectivity index (χ0) is 19.6. The third-order valence-corrected chi connectivity index (χ3v) is 5.04. The van der Waals surface area contributed by atoms with Gasteiger partial charge in [0.2, 0.25) is 0 Å². The van der Waals surface area contributed by atoms with Gasteiger partial charge in [0.05, 0.1) is 17.0 Å². The third-order valence-electron chi connectivity index (χ3n) is 4.26. The second-order valence-corrected chi connectivity index (χ2v) is 7.58. The maximum absolute atomic E-state index is 12.5. The first-order chi connectivity index (χ1) is 12.9. The molecule has 0 bridgehead atoms. The zero-order valence-electron chi connectivity index (χ0n) is 15.4. The maximum atomic E-state index is 12.5. The lowest BCUT2D eigenvalue weighted by atomic mass is 10.0. The Morgan fingerprint density at radius 3 is 2.70 bits per heavy atom. The molecule has 0 amide bonds. The lowest BCUT2D eigenvalue weighted by molar-refractivity contribution is 0.0698. The number of thioether (sulfide) groups is 1. The minimum Gasteiger partial charge on any atom is -0.478 e. The quantitative estimate of drug-likeness (QED) is 0.578. The molecule has 0 spiro atoms. The minimum absolute atomic E-state index is 0.0738. The summed E-state index contributed by atoms with van der Waals surface area (Å²) in [6.45, 7) is 5.85. The van der Waals surface area contributed by atoms with E-state index in [2.05, 4.69) is 5.32 Å². The number of hydrogen-bond donors (Lipinski definition) is 2. The largest absolute Gasteiger partial charge is 0.478 e. The van der Waals surface area contributed by atoms with Crippen molar-refractivity contribution in [1.29, 1.82) is 0 Å². The van der Waals surface area contributed by atoms with Gasteiger partial charge in [-0.25, -0.2) is 4.79 Å². The summed E-state index contributed by atoms with van der Waals surface area (Å²) in [6.07, 6.45) is 0. The Morgan fingerprint density at radius 2 is 2.00 bits per heavy atom. The van der Waals surface area contributed by atoms with Crippen molar-refractivity contribution in [3.05, 3.63) is 69.4 Å². The molecule has 1 heterocycles. The van der Waals surface area contributed by atoms with Gasteiger partial charge >= 0.3 is 5.97 Å². The number of benzene rings is 2. The van der Waals surface area contributed by atoms with Crippen molar-refractivity contribution in [2.75, 3.05) is 11.1 Å². The number of aromatic carboxylic acids is 1. The molecule has 1 unspecified atom stereocenters. The predicted molar refractivity (Wildman–Crippen MR) is 109 cm³/mol. The molecule has 0 aliphatic carbocycles. The highest BCUT2D eigenvalue weighted by Crippen LogP contribution is 2.30. The van der Waals surface area contributed by atoms with Crippen molar-refractivity contribution in [2.24, 2.45) is 0 Å². The molecule has 0 aliphatic rings. The van der Waals surface area contributed by atoms with E-state index in [0.29, 0.717) is 21.7 Å². The molecule has 2 N–H and O–H groups in total. The van der Waals surface area contributed by atoms with Crippen LogP contribution < -0.4 is 10.7 Å². The summed E-state index contributed by atoms with van der Waals surface area (Å²) >= 11 is 1.47. The second-order valence-electron chi connectivity index (χ2n) is 6.31. The normalized spacial score (nSPS) is 12.1. The molecular weight excluding hydrogens is 362 g/mol. The van der Waals surface area contributed by atoms with E-state index in [1.165, 1.54) is 17.8 Å². The summed E-state index contributed by atoms with van der Waals surface area (Å²) in [7, 11) is 0. The number of aryl methyl sites for hydroxylation is 1. The molecule has 2 aromatic carbocycles. The van der Waals surface area contributed by atoms with Crippen LogP contribution in [0.5, 0.6) is 0 Å². The molecule has 6 heteroatoms. The van der Waals surface area contributed by atoms with Crippen molar-refractivity contribution < 1.29 is 14.3 Å². The van der Waals surface area contributed by atoms with Gasteiger partial charge in [-0.1, -0.05) is 36.9 Å². The highest BCUT2D eigenvalue weighted by molar-refractivity contribution is 7.99. The molecule has 0 fully saturated rings. The van der Waals surface area contributed by atoms with E-state index in [1.807, 2.05) is 32.9 Å². The van der Waals surface area contributed by atoms with Gasteiger partial charge in [-0.05, 0) is 43.4 Å². The smallest absolute Gasteiger partial charge is 0.337 e. The minimum atomic E-state index is -0.993. The Hall–Kier alpha value is -2.73. The van der Waals surface area contributed by atoms with Gasteiger partial charge in [-0.3, -0.25) is 4.79 Å². The highest BCUT2D eigenvalue weighted by atomic mass is 32.2. The number of rotatable bonds is 6. The van der Waals surface area contributed by atoms with Crippen LogP contribution in [0, 0.1) is 6.92 Å². The Morgan fingerprint density at radius 1 is 1.26 bits per heavy atom. The van der Waals surface area contributed by atoms with Crippen LogP contribution in [0.1, 0.15) is 41.4 Å². The molecule has 3 aromatic rings. The summed E-state index contributed by atoms with van der Waals surface area (Å²) in [5.74, 6) is -0.192. The van der Waals surface area contributed by atoms with Crippen molar-refractivity contribution in [3.8, 4) is 0 Å². The number of nitrogens with one attached hydrogen (secondary N) is 1. The number of carbonyl (C=O) groups is 1. The molecule has 0 radical (unpaired) electrons. The monoisotopic (exact) mass is 383 g/mol. The molecule has 1 aromatic heterocycles. The number of para-hydroxylation sites is 1. The molecule has 1 atom stereocenters. The Kier molecular flexibility index (Phi) is 5.56. The Balaban J connectivity index is 2.10. The summed E-state index contributed by atoms with van der Waals surface area (Å²) in [5, 5.41) is 13.8. The molecule has 0 saturated heterocycles. The molecule has 0 saturated carbocycles. The van der Waals surface area contributed by atoms with E-state index < -0.39 is 5.97 Å². The molecule has 0 aliphatic heterocycles. The fraction of sp³-hybridized carbons (Fsp3) is 0.238. The summed E-state index contributed by atoms with van der Waals surface area (Å²) < 4.78 is 6.01. The topological polar surface area (TPSA) is 79.5 Å². The Bertz CT molecular complexity index is 1060. The van der Waals surface area contributed by atoms with Crippen molar-refractivity contribution >= 4 is 34.4 Å². The summed E-state index contributed by atoms with van der Waals surface area (Å²) in [4.78, 5) is 24.0. The highest BCUT2D eigenvalue weighted by Gasteiger charge is 2.18. The standard InChI is InChI=1S/C21H21NO4S/c1-4-27-19-11-18(23)16-10-12(2)9-15(20(16)26-19)13(3)22-17-8-6-5-7-14(17)21(24)25/h5-11,13,22H,4H2,1-3H3,(H,24,25). The van der Waals surface area contributed by atoms with Crippen molar-refractivity contribution in [3.63, 3.8) is 0 Å². The third kappa shape index (κ3) is 4.01. The van der Waals surface area contributed by atoms with Crippen LogP contribution in [-0.4, -0.2) is 16.8 Å². The van der Waals surface area contributed by atoms with Gasteiger partial charge in [-0.2, -0.15) is 0 Å². The predicted octanol–water partition coefficient (Wildman–Crippen LogP) is 5.08. The van der Waals surface area contributed by atoms with Gasteiger partial charge in [0.25, 0.3) is 0 Å². The molecular formula is C21H21NO4S. The van der Waals surface area contributed by atoms with E-state index in [0.717, 1.165) is 16.9 Å². The fourth-order valence-electron chi connectivity index (χ4n) is 3.05. The lowest BCUT2D eigenvalue weighted by Crippen LogP contribution is -2.12. The van der Waals surface area contributed by atoms with E-state index in [4.69, 9.17) is 4.42 Å². The van der Waals surface area contributed by atoms with E-state index in [9.17, 15) is 14.7 Å². The average molecular weight is 383 g/mol. The van der Waals surface area contributed by atoms with Gasteiger partial charge in [-0.15, -0.1) is 0 Å². The van der Waals surface area contributed by atoms with Gasteiger partial charge < -0.3 is 14.8 Å². The molecule has 27 heavy (non-hydrogen) atoms. The van der Waals surface area contributed by atoms with Crippen LogP contribution in [-0.2, 0) is 0 Å². The molecule has 5 nitrogen and oxygen atoms in total. The van der Waals surface area contributed by atoms with Gasteiger partial charge in [0.15, 0.2) is 10.5 Å². The number of carboxylic acid groups (broad SMARTS) is 1. The lowest BCUT2D eigenvalue weighted by Gasteiger charge is -2.19. The van der Waals surface area contributed by atoms with Crippen molar-refractivity contribution in [1.82, 2.24) is 0 Å². The second kappa shape index (κ2) is 7.88. The first-order valence-electron chi connectivity index (χ1n) is 8.70. The van der Waals surface area contributed by atoms with Crippen LogP contribution >= 0.6 is 11.8 Å². The number of carboxylic acids is 1. The summed E-state index contributed by atoms with van der Waals surface area (Å²) in [6, 6.07) is 11.8. The number of hydrogen-bond acceptors (Lipinski definition) is 5. The zero-order valence-corrected chi connectivity index (χ0v) is 16.2. The first-order valence-corrected chi connectivity index (χ1v) is 9.69. The van der Waals surface area contributed by atoms with Gasteiger partial charge in [0.1, 0.15) is 5.58 Å². The molecule has 3 rings (SSSR count). The van der Waals surface area contributed by atoms with Crippen LogP contribution in [0.2, 0.25) is 0 Å². The van der Waals surface area contributed by atoms with Crippen LogP contribution in [0.25, 0.3) is 11.0 Å². The fourth-order valence-corrected chi connectivity index (χ4v) is 3.67. The molecule has 140 valence electrons. The van der Waals surface area contributed by atoms with Crippen LogP contribution in [0.15, 0.2) is 56.8 Å². The average Bonchev–Trinajstić information content (AvgIpc) is 2.62.